The standard InChI is InChI=1S/C19H28N2OS.ClH/c1-21(16-11-14-8-9-15(12-16)20-14)19(22)18-10-13-6-4-2-3-5-7-17(13)23-18;/h10,14-16,20H,2-9,11-12H2,1H3;1H. The summed E-state index contributed by atoms with van der Waals surface area (Å²) in [5.41, 5.74) is 1.46. The number of thiophene rings is 1. The number of rotatable bonds is 2. The van der Waals surface area contributed by atoms with Crippen LogP contribution in [0.4, 0.5) is 0 Å². The summed E-state index contributed by atoms with van der Waals surface area (Å²) in [6.07, 6.45) is 12.4. The van der Waals surface area contributed by atoms with Crippen LogP contribution in [0.5, 0.6) is 0 Å². The van der Waals surface area contributed by atoms with Crippen LogP contribution in [0, 0.1) is 0 Å². The number of amides is 1. The van der Waals surface area contributed by atoms with E-state index in [1.165, 1.54) is 61.8 Å². The van der Waals surface area contributed by atoms with Gasteiger partial charge in [-0.3, -0.25) is 4.79 Å². The molecule has 2 bridgehead atoms. The maximum absolute atomic E-state index is 13.0. The van der Waals surface area contributed by atoms with Crippen LogP contribution in [-0.2, 0) is 12.8 Å². The van der Waals surface area contributed by atoms with Crippen LogP contribution in [-0.4, -0.2) is 36.0 Å². The van der Waals surface area contributed by atoms with Crippen LogP contribution in [0.2, 0.25) is 0 Å². The highest BCUT2D eigenvalue weighted by Gasteiger charge is 2.36. The average Bonchev–Trinajstić information content (AvgIpc) is 3.08. The Labute approximate surface area is 155 Å². The molecule has 3 nitrogen and oxygen atoms in total. The molecule has 1 aromatic heterocycles. The number of hydrogen-bond acceptors (Lipinski definition) is 3. The number of nitrogens with one attached hydrogen (secondary N) is 1. The third kappa shape index (κ3) is 3.66. The van der Waals surface area contributed by atoms with Gasteiger partial charge in [-0.1, -0.05) is 12.8 Å². The van der Waals surface area contributed by atoms with Crippen molar-refractivity contribution >= 4 is 29.7 Å². The first-order chi connectivity index (χ1) is 11.2. The van der Waals surface area contributed by atoms with E-state index in [1.807, 2.05) is 11.9 Å². The lowest BCUT2D eigenvalue weighted by molar-refractivity contribution is 0.0686. The summed E-state index contributed by atoms with van der Waals surface area (Å²) < 4.78 is 0. The van der Waals surface area contributed by atoms with Crippen molar-refractivity contribution in [3.63, 3.8) is 0 Å². The molecular formula is C19H29ClN2OS. The van der Waals surface area contributed by atoms with Gasteiger partial charge in [0.2, 0.25) is 0 Å². The number of carbonyl (C=O) groups excluding carboxylic acids is 1. The summed E-state index contributed by atoms with van der Waals surface area (Å²) in [6, 6.07) is 3.90. The fourth-order valence-electron chi connectivity index (χ4n) is 4.63. The second-order valence-electron chi connectivity index (χ2n) is 7.65. The molecule has 0 saturated carbocycles. The summed E-state index contributed by atoms with van der Waals surface area (Å²) in [6.45, 7) is 0. The predicted molar refractivity (Wildman–Crippen MR) is 103 cm³/mol. The number of nitrogens with zero attached hydrogens (tertiary/aromatic N) is 1. The number of carbonyl (C=O) groups is 1. The molecule has 1 amide bonds. The molecule has 2 aliphatic heterocycles. The lowest BCUT2D eigenvalue weighted by Crippen LogP contribution is -2.48. The highest BCUT2D eigenvalue weighted by molar-refractivity contribution is 7.14. The molecule has 1 aromatic rings. The van der Waals surface area contributed by atoms with Crippen LogP contribution in [0.1, 0.15) is 71.5 Å². The Morgan fingerprint density at radius 3 is 2.50 bits per heavy atom. The normalized spacial score (nSPS) is 29.1. The van der Waals surface area contributed by atoms with Crippen LogP contribution < -0.4 is 5.32 Å². The molecule has 134 valence electrons. The van der Waals surface area contributed by atoms with Crippen LogP contribution in [0.25, 0.3) is 0 Å². The molecule has 3 heterocycles. The van der Waals surface area contributed by atoms with Gasteiger partial charge in [0, 0.05) is 30.1 Å². The van der Waals surface area contributed by atoms with E-state index < -0.39 is 0 Å². The lowest BCUT2D eigenvalue weighted by atomic mass is 9.98. The number of aryl methyl sites for hydroxylation is 2. The summed E-state index contributed by atoms with van der Waals surface area (Å²) in [7, 11) is 2.02. The Bertz CT molecular complexity index is 550. The third-order valence-corrected chi connectivity index (χ3v) is 7.25. The van der Waals surface area contributed by atoms with Crippen LogP contribution in [0.15, 0.2) is 6.07 Å². The van der Waals surface area contributed by atoms with E-state index in [1.54, 1.807) is 11.3 Å². The molecule has 3 aliphatic rings. The molecule has 4 rings (SSSR count). The third-order valence-electron chi connectivity index (χ3n) is 6.02. The highest BCUT2D eigenvalue weighted by atomic mass is 35.5. The first-order valence-electron chi connectivity index (χ1n) is 9.35. The fourth-order valence-corrected chi connectivity index (χ4v) is 5.87. The zero-order valence-electron chi connectivity index (χ0n) is 14.6. The first-order valence-corrected chi connectivity index (χ1v) is 10.2. The Morgan fingerprint density at radius 1 is 1.12 bits per heavy atom. The van der Waals surface area contributed by atoms with E-state index >= 15 is 0 Å². The second kappa shape index (κ2) is 7.76. The smallest absolute Gasteiger partial charge is 0.263 e. The minimum absolute atomic E-state index is 0. The summed E-state index contributed by atoms with van der Waals surface area (Å²) in [5.74, 6) is 0.257. The summed E-state index contributed by atoms with van der Waals surface area (Å²) >= 11 is 1.77. The van der Waals surface area contributed by atoms with E-state index in [9.17, 15) is 4.79 Å². The molecular weight excluding hydrogens is 340 g/mol. The van der Waals surface area contributed by atoms with Crippen molar-refractivity contribution in [2.45, 2.75) is 82.3 Å². The molecule has 1 N–H and O–H groups in total. The zero-order chi connectivity index (χ0) is 15.8. The topological polar surface area (TPSA) is 32.3 Å². The van der Waals surface area contributed by atoms with Gasteiger partial charge in [-0.15, -0.1) is 23.7 Å². The highest BCUT2D eigenvalue weighted by Crippen LogP contribution is 2.32. The quantitative estimate of drug-likeness (QED) is 0.849. The minimum Gasteiger partial charge on any atom is -0.338 e. The van der Waals surface area contributed by atoms with E-state index in [0.717, 1.165) is 17.7 Å². The molecule has 2 fully saturated rings. The second-order valence-corrected chi connectivity index (χ2v) is 8.79. The number of hydrogen-bond donors (Lipinski definition) is 1. The van der Waals surface area contributed by atoms with Crippen molar-refractivity contribution in [1.29, 1.82) is 0 Å². The van der Waals surface area contributed by atoms with Crippen molar-refractivity contribution < 1.29 is 4.79 Å². The number of fused-ring (bicyclic) bond motifs is 3. The summed E-state index contributed by atoms with van der Waals surface area (Å²) in [4.78, 5) is 17.5. The van der Waals surface area contributed by atoms with E-state index in [2.05, 4.69) is 11.4 Å². The van der Waals surface area contributed by atoms with E-state index in [0.29, 0.717) is 18.1 Å². The van der Waals surface area contributed by atoms with Crippen LogP contribution >= 0.6 is 23.7 Å². The largest absolute Gasteiger partial charge is 0.338 e. The molecule has 0 spiro atoms. The number of piperidine rings is 1. The molecule has 0 radical (unpaired) electrons. The fraction of sp³-hybridized carbons (Fsp3) is 0.737. The van der Waals surface area contributed by atoms with Crippen LogP contribution in [0.3, 0.4) is 0 Å². The van der Waals surface area contributed by atoms with Gasteiger partial charge < -0.3 is 10.2 Å². The zero-order valence-corrected chi connectivity index (χ0v) is 16.2. The molecule has 2 atom stereocenters. The monoisotopic (exact) mass is 368 g/mol. The molecule has 0 aromatic carbocycles. The Hall–Kier alpha value is -0.580. The van der Waals surface area contributed by atoms with Gasteiger partial charge in [-0.05, 0) is 63.0 Å². The van der Waals surface area contributed by atoms with Crippen molar-refractivity contribution in [3.8, 4) is 0 Å². The maximum Gasteiger partial charge on any atom is 0.263 e. The lowest BCUT2D eigenvalue weighted by Gasteiger charge is -2.35. The van der Waals surface area contributed by atoms with Gasteiger partial charge in [0.05, 0.1) is 4.88 Å². The summed E-state index contributed by atoms with van der Waals surface area (Å²) in [5, 5.41) is 3.67. The Morgan fingerprint density at radius 2 is 1.79 bits per heavy atom. The van der Waals surface area contributed by atoms with Crippen molar-refractivity contribution in [3.05, 3.63) is 21.4 Å². The Balaban J connectivity index is 0.00000169. The van der Waals surface area contributed by atoms with Crippen molar-refractivity contribution in [1.82, 2.24) is 10.2 Å². The predicted octanol–water partition coefficient (Wildman–Crippen LogP) is 4.18. The molecule has 2 saturated heterocycles. The van der Waals surface area contributed by atoms with Gasteiger partial charge in [0.25, 0.3) is 5.91 Å². The maximum atomic E-state index is 13.0. The minimum atomic E-state index is 0. The van der Waals surface area contributed by atoms with E-state index in [4.69, 9.17) is 0 Å². The first kappa shape index (κ1) is 18.2. The molecule has 1 aliphatic carbocycles. The SMILES string of the molecule is CN(C(=O)c1cc2c(s1)CCCCCC2)C1CC2CCC(C1)N2.Cl. The number of halogens is 1. The van der Waals surface area contributed by atoms with Gasteiger partial charge in [-0.25, -0.2) is 0 Å². The molecule has 2 unspecified atom stereocenters. The Kier molecular flexibility index (Phi) is 5.89. The van der Waals surface area contributed by atoms with Crippen molar-refractivity contribution in [2.24, 2.45) is 0 Å². The van der Waals surface area contributed by atoms with Gasteiger partial charge in [0.1, 0.15) is 0 Å². The van der Waals surface area contributed by atoms with Crippen molar-refractivity contribution in [2.75, 3.05) is 7.05 Å². The average molecular weight is 369 g/mol. The van der Waals surface area contributed by atoms with Gasteiger partial charge in [0.15, 0.2) is 0 Å². The van der Waals surface area contributed by atoms with E-state index in [-0.39, 0.29) is 18.3 Å². The molecule has 24 heavy (non-hydrogen) atoms. The molecule has 5 heteroatoms. The van der Waals surface area contributed by atoms with Gasteiger partial charge in [-0.2, -0.15) is 0 Å². The van der Waals surface area contributed by atoms with Gasteiger partial charge >= 0.3 is 0 Å².